The van der Waals surface area contributed by atoms with Gasteiger partial charge in [-0.1, -0.05) is 11.6 Å². The summed E-state index contributed by atoms with van der Waals surface area (Å²) in [6, 6.07) is 1.80. The van der Waals surface area contributed by atoms with Crippen LogP contribution in [0.2, 0.25) is 5.15 Å². The molecule has 0 aliphatic heterocycles. The summed E-state index contributed by atoms with van der Waals surface area (Å²) < 4.78 is 4.87. The molecule has 0 unspecified atom stereocenters. The van der Waals surface area contributed by atoms with Crippen LogP contribution in [0.25, 0.3) is 0 Å². The number of hydrogen-bond donors (Lipinski definition) is 1. The monoisotopic (exact) mass is 242 g/mol. The van der Waals surface area contributed by atoms with Gasteiger partial charge in [-0.25, -0.2) is 4.98 Å². The van der Waals surface area contributed by atoms with E-state index in [4.69, 9.17) is 16.3 Å². The maximum atomic E-state index is 11.5. The SMILES string of the molecule is COCCCC(=O)Nc1cc(C)cnc1Cl. The number of nitrogens with zero attached hydrogens (tertiary/aromatic N) is 1. The highest BCUT2D eigenvalue weighted by Gasteiger charge is 2.06. The zero-order valence-corrected chi connectivity index (χ0v) is 10.2. The van der Waals surface area contributed by atoms with Crippen LogP contribution in [-0.2, 0) is 9.53 Å². The average Bonchev–Trinajstić information content (AvgIpc) is 2.24. The third-order valence-corrected chi connectivity index (χ3v) is 2.30. The lowest BCUT2D eigenvalue weighted by Crippen LogP contribution is -2.12. The van der Waals surface area contributed by atoms with Crippen LogP contribution in [0, 0.1) is 6.92 Å². The van der Waals surface area contributed by atoms with E-state index in [2.05, 4.69) is 10.3 Å². The van der Waals surface area contributed by atoms with Crippen molar-refractivity contribution in [3.05, 3.63) is 23.0 Å². The van der Waals surface area contributed by atoms with Gasteiger partial charge < -0.3 is 10.1 Å². The first-order valence-corrected chi connectivity index (χ1v) is 5.42. The number of anilines is 1. The van der Waals surface area contributed by atoms with E-state index in [0.29, 0.717) is 30.3 Å². The van der Waals surface area contributed by atoms with Gasteiger partial charge in [0, 0.05) is 26.3 Å². The predicted octanol–water partition coefficient (Wildman–Crippen LogP) is 2.41. The van der Waals surface area contributed by atoms with Gasteiger partial charge in [0.05, 0.1) is 5.69 Å². The van der Waals surface area contributed by atoms with Crippen LogP contribution in [-0.4, -0.2) is 24.6 Å². The maximum absolute atomic E-state index is 11.5. The van der Waals surface area contributed by atoms with Gasteiger partial charge in [-0.2, -0.15) is 0 Å². The van der Waals surface area contributed by atoms with E-state index in [-0.39, 0.29) is 5.91 Å². The van der Waals surface area contributed by atoms with Gasteiger partial charge >= 0.3 is 0 Å². The van der Waals surface area contributed by atoms with Gasteiger partial charge in [0.2, 0.25) is 5.91 Å². The molecule has 1 rings (SSSR count). The summed E-state index contributed by atoms with van der Waals surface area (Å²) in [7, 11) is 1.61. The van der Waals surface area contributed by atoms with E-state index in [1.807, 2.05) is 6.92 Å². The fraction of sp³-hybridized carbons (Fsp3) is 0.455. The molecule has 1 aromatic heterocycles. The summed E-state index contributed by atoms with van der Waals surface area (Å²) >= 11 is 5.85. The molecule has 0 saturated carbocycles. The minimum Gasteiger partial charge on any atom is -0.385 e. The third kappa shape index (κ3) is 4.16. The quantitative estimate of drug-likeness (QED) is 0.637. The molecule has 0 aromatic carbocycles. The first-order chi connectivity index (χ1) is 7.63. The van der Waals surface area contributed by atoms with Crippen molar-refractivity contribution in [3.8, 4) is 0 Å². The number of aromatic nitrogens is 1. The topological polar surface area (TPSA) is 51.2 Å². The van der Waals surface area contributed by atoms with E-state index < -0.39 is 0 Å². The lowest BCUT2D eigenvalue weighted by atomic mass is 10.2. The second-order valence-electron chi connectivity index (χ2n) is 3.50. The number of hydrogen-bond acceptors (Lipinski definition) is 3. The van der Waals surface area contributed by atoms with Crippen LogP contribution < -0.4 is 5.32 Å². The molecule has 0 bridgehead atoms. The van der Waals surface area contributed by atoms with E-state index in [1.165, 1.54) is 0 Å². The number of amides is 1. The molecular weight excluding hydrogens is 228 g/mol. The summed E-state index contributed by atoms with van der Waals surface area (Å²) in [5.74, 6) is -0.0775. The van der Waals surface area contributed by atoms with Crippen molar-refractivity contribution in [3.63, 3.8) is 0 Å². The van der Waals surface area contributed by atoms with Crippen molar-refractivity contribution in [1.29, 1.82) is 0 Å². The smallest absolute Gasteiger partial charge is 0.224 e. The molecule has 1 amide bonds. The number of pyridine rings is 1. The van der Waals surface area contributed by atoms with Gasteiger partial charge in [0.15, 0.2) is 5.15 Å². The van der Waals surface area contributed by atoms with Crippen LogP contribution in [0.3, 0.4) is 0 Å². The van der Waals surface area contributed by atoms with E-state index >= 15 is 0 Å². The minimum atomic E-state index is -0.0775. The summed E-state index contributed by atoms with van der Waals surface area (Å²) in [5.41, 5.74) is 1.51. The van der Waals surface area contributed by atoms with Crippen molar-refractivity contribution in [1.82, 2.24) is 4.98 Å². The molecule has 0 fully saturated rings. The van der Waals surface area contributed by atoms with Gasteiger partial charge in [-0.05, 0) is 25.0 Å². The molecule has 0 spiro atoms. The Morgan fingerprint density at radius 3 is 3.06 bits per heavy atom. The molecule has 16 heavy (non-hydrogen) atoms. The molecule has 0 saturated heterocycles. The van der Waals surface area contributed by atoms with Gasteiger partial charge in [0.1, 0.15) is 0 Å². The molecular formula is C11H15ClN2O2. The third-order valence-electron chi connectivity index (χ3n) is 2.00. The summed E-state index contributed by atoms with van der Waals surface area (Å²) in [6.45, 7) is 2.47. The highest BCUT2D eigenvalue weighted by molar-refractivity contribution is 6.32. The largest absolute Gasteiger partial charge is 0.385 e. The van der Waals surface area contributed by atoms with Crippen molar-refractivity contribution < 1.29 is 9.53 Å². The Labute approximate surface area is 100.0 Å². The molecule has 5 heteroatoms. The Kier molecular flexibility index (Phi) is 5.22. The molecule has 1 N–H and O–H groups in total. The summed E-state index contributed by atoms with van der Waals surface area (Å²) in [6.07, 6.45) is 2.76. The summed E-state index contributed by atoms with van der Waals surface area (Å²) in [5, 5.41) is 3.03. The number of aryl methyl sites for hydroxylation is 1. The number of ether oxygens (including phenoxy) is 1. The van der Waals surface area contributed by atoms with Gasteiger partial charge in [-0.3, -0.25) is 4.79 Å². The minimum absolute atomic E-state index is 0.0775. The number of methoxy groups -OCH3 is 1. The van der Waals surface area contributed by atoms with Gasteiger partial charge in [0.25, 0.3) is 0 Å². The first-order valence-electron chi connectivity index (χ1n) is 5.04. The fourth-order valence-electron chi connectivity index (χ4n) is 1.23. The second-order valence-corrected chi connectivity index (χ2v) is 3.85. The average molecular weight is 243 g/mol. The lowest BCUT2D eigenvalue weighted by molar-refractivity contribution is -0.116. The molecule has 0 radical (unpaired) electrons. The molecule has 88 valence electrons. The highest BCUT2D eigenvalue weighted by atomic mass is 35.5. The van der Waals surface area contributed by atoms with Crippen molar-refractivity contribution >= 4 is 23.2 Å². The number of carbonyl (C=O) groups is 1. The Morgan fingerprint density at radius 1 is 1.62 bits per heavy atom. The zero-order valence-electron chi connectivity index (χ0n) is 9.42. The lowest BCUT2D eigenvalue weighted by Gasteiger charge is -2.07. The fourth-order valence-corrected chi connectivity index (χ4v) is 1.38. The highest BCUT2D eigenvalue weighted by Crippen LogP contribution is 2.19. The Hall–Kier alpha value is -1.13. The standard InChI is InChI=1S/C11H15ClN2O2/c1-8-6-9(11(12)13-7-8)14-10(15)4-3-5-16-2/h6-7H,3-5H2,1-2H3,(H,14,15). The van der Waals surface area contributed by atoms with E-state index in [1.54, 1.807) is 19.4 Å². The van der Waals surface area contributed by atoms with Gasteiger partial charge in [-0.15, -0.1) is 0 Å². The molecule has 0 aliphatic carbocycles. The Bertz CT molecular complexity index is 369. The van der Waals surface area contributed by atoms with E-state index in [0.717, 1.165) is 5.56 Å². The van der Waals surface area contributed by atoms with Crippen LogP contribution in [0.4, 0.5) is 5.69 Å². The number of rotatable bonds is 5. The Balaban J connectivity index is 2.52. The molecule has 1 heterocycles. The first kappa shape index (κ1) is 12.9. The van der Waals surface area contributed by atoms with Crippen LogP contribution in [0.1, 0.15) is 18.4 Å². The molecule has 0 atom stereocenters. The van der Waals surface area contributed by atoms with Crippen molar-refractivity contribution in [2.45, 2.75) is 19.8 Å². The maximum Gasteiger partial charge on any atom is 0.224 e. The molecule has 4 nitrogen and oxygen atoms in total. The van der Waals surface area contributed by atoms with E-state index in [9.17, 15) is 4.79 Å². The normalized spacial score (nSPS) is 10.2. The zero-order chi connectivity index (χ0) is 12.0. The number of nitrogens with one attached hydrogen (secondary N) is 1. The number of halogens is 1. The van der Waals surface area contributed by atoms with Crippen molar-refractivity contribution in [2.24, 2.45) is 0 Å². The molecule has 1 aromatic rings. The molecule has 0 aliphatic rings. The number of carbonyl (C=O) groups excluding carboxylic acids is 1. The van der Waals surface area contributed by atoms with Crippen LogP contribution >= 0.6 is 11.6 Å². The van der Waals surface area contributed by atoms with Crippen molar-refractivity contribution in [2.75, 3.05) is 19.0 Å². The summed E-state index contributed by atoms with van der Waals surface area (Å²) in [4.78, 5) is 15.5. The Morgan fingerprint density at radius 2 is 2.38 bits per heavy atom. The second kappa shape index (κ2) is 6.45. The predicted molar refractivity (Wildman–Crippen MR) is 63.7 cm³/mol. The van der Waals surface area contributed by atoms with Crippen LogP contribution in [0.15, 0.2) is 12.3 Å². The van der Waals surface area contributed by atoms with Crippen LogP contribution in [0.5, 0.6) is 0 Å².